The van der Waals surface area contributed by atoms with Gasteiger partial charge in [-0.3, -0.25) is 9.48 Å². The zero-order valence-electron chi connectivity index (χ0n) is 14.8. The standard InChI is InChI=1S/C18H24BrClN4OS/c1-24-16(14(19)10-22-24)13-8-15(26-17(13)20)18(25)23-12(9-21)7-11-5-3-2-4-6-11/h8,10-12H,2-7,9,21H2,1H3,(H,23,25). The van der Waals surface area contributed by atoms with Gasteiger partial charge in [-0.25, -0.2) is 0 Å². The summed E-state index contributed by atoms with van der Waals surface area (Å²) in [5.41, 5.74) is 7.59. The smallest absolute Gasteiger partial charge is 0.261 e. The summed E-state index contributed by atoms with van der Waals surface area (Å²) in [5.74, 6) is 0.568. The first kappa shape index (κ1) is 19.9. The number of carbonyl (C=O) groups is 1. The third-order valence-electron chi connectivity index (χ3n) is 5.02. The highest BCUT2D eigenvalue weighted by Crippen LogP contribution is 2.38. The van der Waals surface area contributed by atoms with Gasteiger partial charge in [-0.1, -0.05) is 43.7 Å². The van der Waals surface area contributed by atoms with E-state index in [1.165, 1.54) is 43.4 Å². The van der Waals surface area contributed by atoms with Crippen LogP contribution in [0.25, 0.3) is 11.3 Å². The molecule has 1 aliphatic rings. The average molecular weight is 460 g/mol. The summed E-state index contributed by atoms with van der Waals surface area (Å²) in [7, 11) is 1.85. The summed E-state index contributed by atoms with van der Waals surface area (Å²) in [4.78, 5) is 13.3. The van der Waals surface area contributed by atoms with Crippen LogP contribution in [0.5, 0.6) is 0 Å². The molecule has 0 radical (unpaired) electrons. The number of thiophene rings is 1. The molecule has 3 N–H and O–H groups in total. The summed E-state index contributed by atoms with van der Waals surface area (Å²) in [6, 6.07) is 1.84. The van der Waals surface area contributed by atoms with Gasteiger partial charge in [0.2, 0.25) is 0 Å². The normalized spacial score (nSPS) is 16.6. The molecule has 0 saturated heterocycles. The monoisotopic (exact) mass is 458 g/mol. The Bertz CT molecular complexity index is 750. The molecule has 0 spiro atoms. The van der Waals surface area contributed by atoms with Crippen molar-refractivity contribution < 1.29 is 4.79 Å². The minimum atomic E-state index is -0.104. The van der Waals surface area contributed by atoms with Crippen molar-refractivity contribution in [1.29, 1.82) is 0 Å². The van der Waals surface area contributed by atoms with Gasteiger partial charge in [-0.2, -0.15) is 5.10 Å². The van der Waals surface area contributed by atoms with Crippen molar-refractivity contribution in [2.24, 2.45) is 18.7 Å². The summed E-state index contributed by atoms with van der Waals surface area (Å²) < 4.78 is 3.17. The Labute approximate surface area is 171 Å². The zero-order valence-corrected chi connectivity index (χ0v) is 18.0. The molecule has 8 heteroatoms. The van der Waals surface area contributed by atoms with Crippen LogP contribution >= 0.6 is 38.9 Å². The number of nitrogens with one attached hydrogen (secondary N) is 1. The maximum atomic E-state index is 12.7. The van der Waals surface area contributed by atoms with E-state index in [4.69, 9.17) is 17.3 Å². The second-order valence-electron chi connectivity index (χ2n) is 6.91. The third-order valence-corrected chi connectivity index (χ3v) is 6.96. The van der Waals surface area contributed by atoms with Crippen molar-refractivity contribution in [3.05, 3.63) is 25.9 Å². The number of aryl methyl sites for hydroxylation is 1. The average Bonchev–Trinajstić information content (AvgIpc) is 3.17. The van der Waals surface area contributed by atoms with Gasteiger partial charge in [0.1, 0.15) is 4.34 Å². The van der Waals surface area contributed by atoms with Gasteiger partial charge in [-0.05, 0) is 34.3 Å². The van der Waals surface area contributed by atoms with E-state index in [2.05, 4.69) is 26.3 Å². The van der Waals surface area contributed by atoms with Crippen molar-refractivity contribution >= 4 is 44.8 Å². The second-order valence-corrected chi connectivity index (χ2v) is 9.42. The predicted molar refractivity (Wildman–Crippen MR) is 111 cm³/mol. The molecule has 1 unspecified atom stereocenters. The lowest BCUT2D eigenvalue weighted by Gasteiger charge is -2.26. The fraction of sp³-hybridized carbons (Fsp3) is 0.556. The van der Waals surface area contributed by atoms with Crippen LogP contribution in [-0.4, -0.2) is 28.3 Å². The van der Waals surface area contributed by atoms with Gasteiger partial charge >= 0.3 is 0 Å². The van der Waals surface area contributed by atoms with E-state index < -0.39 is 0 Å². The minimum Gasteiger partial charge on any atom is -0.347 e. The number of nitrogens with two attached hydrogens (primary N) is 1. The SMILES string of the molecule is Cn1ncc(Br)c1-c1cc(C(=O)NC(CN)CC2CCCCC2)sc1Cl. The molecule has 3 rings (SSSR count). The Morgan fingerprint density at radius 3 is 2.85 bits per heavy atom. The minimum absolute atomic E-state index is 0.0124. The molecule has 0 aliphatic heterocycles. The molecular weight excluding hydrogens is 436 g/mol. The molecule has 1 amide bonds. The van der Waals surface area contributed by atoms with Gasteiger partial charge in [-0.15, -0.1) is 11.3 Å². The Morgan fingerprint density at radius 2 is 2.23 bits per heavy atom. The van der Waals surface area contributed by atoms with Crippen molar-refractivity contribution in [3.63, 3.8) is 0 Å². The molecule has 1 atom stereocenters. The van der Waals surface area contributed by atoms with Crippen LogP contribution in [0, 0.1) is 5.92 Å². The van der Waals surface area contributed by atoms with Crippen molar-refractivity contribution in [2.45, 2.75) is 44.6 Å². The lowest BCUT2D eigenvalue weighted by Crippen LogP contribution is -2.41. The number of hydrogen-bond acceptors (Lipinski definition) is 4. The largest absolute Gasteiger partial charge is 0.347 e. The Balaban J connectivity index is 1.70. The van der Waals surface area contributed by atoms with Crippen LogP contribution in [-0.2, 0) is 7.05 Å². The number of carbonyl (C=O) groups excluding carboxylic acids is 1. The first-order valence-corrected chi connectivity index (χ1v) is 11.0. The highest BCUT2D eigenvalue weighted by atomic mass is 79.9. The van der Waals surface area contributed by atoms with E-state index in [1.807, 2.05) is 13.1 Å². The fourth-order valence-corrected chi connectivity index (χ4v) is 5.39. The first-order valence-electron chi connectivity index (χ1n) is 8.97. The molecule has 2 aromatic heterocycles. The van der Waals surface area contributed by atoms with E-state index in [9.17, 15) is 4.79 Å². The number of halogens is 2. The van der Waals surface area contributed by atoms with E-state index in [-0.39, 0.29) is 11.9 Å². The van der Waals surface area contributed by atoms with Gasteiger partial charge in [0.25, 0.3) is 5.91 Å². The summed E-state index contributed by atoms with van der Waals surface area (Å²) in [6.45, 7) is 0.460. The van der Waals surface area contributed by atoms with E-state index in [0.29, 0.717) is 21.7 Å². The Morgan fingerprint density at radius 1 is 1.50 bits per heavy atom. The molecular formula is C18H24BrClN4OS. The highest BCUT2D eigenvalue weighted by molar-refractivity contribution is 9.10. The second kappa shape index (κ2) is 8.87. The molecule has 5 nitrogen and oxygen atoms in total. The fourth-order valence-electron chi connectivity index (χ4n) is 3.65. The topological polar surface area (TPSA) is 72.9 Å². The molecule has 0 bridgehead atoms. The van der Waals surface area contributed by atoms with Gasteiger partial charge in [0, 0.05) is 25.2 Å². The number of amides is 1. The molecule has 26 heavy (non-hydrogen) atoms. The van der Waals surface area contributed by atoms with E-state index in [0.717, 1.165) is 22.2 Å². The zero-order chi connectivity index (χ0) is 18.7. The van der Waals surface area contributed by atoms with Gasteiger partial charge < -0.3 is 11.1 Å². The number of rotatable bonds is 6. The molecule has 1 fully saturated rings. The van der Waals surface area contributed by atoms with Crippen LogP contribution in [0.1, 0.15) is 48.2 Å². The number of hydrogen-bond donors (Lipinski definition) is 2. The van der Waals surface area contributed by atoms with Crippen LogP contribution < -0.4 is 11.1 Å². The summed E-state index contributed by atoms with van der Waals surface area (Å²) in [5, 5.41) is 7.31. The lowest BCUT2D eigenvalue weighted by atomic mass is 9.85. The summed E-state index contributed by atoms with van der Waals surface area (Å²) >= 11 is 11.2. The maximum absolute atomic E-state index is 12.7. The Hall–Kier alpha value is -0.890. The molecule has 2 aromatic rings. The van der Waals surface area contributed by atoms with Crippen molar-refractivity contribution in [2.75, 3.05) is 6.54 Å². The molecule has 1 aliphatic carbocycles. The van der Waals surface area contributed by atoms with E-state index >= 15 is 0 Å². The van der Waals surface area contributed by atoms with Crippen molar-refractivity contribution in [1.82, 2.24) is 15.1 Å². The predicted octanol–water partition coefficient (Wildman–Crippen LogP) is 4.59. The molecule has 2 heterocycles. The van der Waals surface area contributed by atoms with Gasteiger partial charge in [0.15, 0.2) is 0 Å². The number of nitrogens with zero attached hydrogens (tertiary/aromatic N) is 2. The third kappa shape index (κ3) is 4.50. The van der Waals surface area contributed by atoms with Crippen LogP contribution in [0.15, 0.2) is 16.7 Å². The van der Waals surface area contributed by atoms with E-state index in [1.54, 1.807) is 10.9 Å². The first-order chi connectivity index (χ1) is 12.5. The van der Waals surface area contributed by atoms with Crippen LogP contribution in [0.3, 0.4) is 0 Å². The highest BCUT2D eigenvalue weighted by Gasteiger charge is 2.23. The van der Waals surface area contributed by atoms with Crippen LogP contribution in [0.4, 0.5) is 0 Å². The van der Waals surface area contributed by atoms with Crippen LogP contribution in [0.2, 0.25) is 4.34 Å². The van der Waals surface area contributed by atoms with Gasteiger partial charge in [0.05, 0.1) is 21.2 Å². The Kier molecular flexibility index (Phi) is 6.77. The molecule has 0 aromatic carbocycles. The number of aromatic nitrogens is 2. The maximum Gasteiger partial charge on any atom is 0.261 e. The summed E-state index contributed by atoms with van der Waals surface area (Å²) in [6.07, 6.45) is 9.08. The van der Waals surface area contributed by atoms with Crippen molar-refractivity contribution in [3.8, 4) is 11.3 Å². The molecule has 1 saturated carbocycles. The molecule has 142 valence electrons. The quantitative estimate of drug-likeness (QED) is 0.663. The lowest BCUT2D eigenvalue weighted by molar-refractivity contribution is 0.0934.